The maximum absolute atomic E-state index is 11.8. The minimum atomic E-state index is -0.312. The van der Waals surface area contributed by atoms with Gasteiger partial charge < -0.3 is 11.1 Å². The second-order valence-corrected chi connectivity index (χ2v) is 5.41. The van der Waals surface area contributed by atoms with Crippen molar-refractivity contribution in [2.75, 3.05) is 0 Å². The van der Waals surface area contributed by atoms with Crippen LogP contribution in [0.4, 0.5) is 0 Å². The van der Waals surface area contributed by atoms with Gasteiger partial charge in [-0.05, 0) is 38.0 Å². The summed E-state index contributed by atoms with van der Waals surface area (Å²) in [4.78, 5) is 11.8. The molecule has 108 valence electrons. The van der Waals surface area contributed by atoms with E-state index in [-0.39, 0.29) is 24.4 Å². The van der Waals surface area contributed by atoms with Crippen LogP contribution >= 0.6 is 12.4 Å². The molecule has 0 bridgehead atoms. The van der Waals surface area contributed by atoms with E-state index >= 15 is 0 Å². The number of hydrogen-bond acceptors (Lipinski definition) is 2. The molecular weight excluding hydrogens is 248 g/mol. The first-order valence-corrected chi connectivity index (χ1v) is 7.23. The van der Waals surface area contributed by atoms with Gasteiger partial charge in [0.25, 0.3) is 0 Å². The minimum Gasteiger partial charge on any atom is -0.352 e. The van der Waals surface area contributed by atoms with Gasteiger partial charge in [-0.3, -0.25) is 4.79 Å². The maximum Gasteiger partial charge on any atom is 0.237 e. The Morgan fingerprint density at radius 1 is 1.22 bits per heavy atom. The zero-order chi connectivity index (χ0) is 12.7. The van der Waals surface area contributed by atoms with Crippen molar-refractivity contribution in [2.24, 2.45) is 11.7 Å². The van der Waals surface area contributed by atoms with Crippen molar-refractivity contribution in [3.63, 3.8) is 0 Å². The molecule has 0 aromatic heterocycles. The summed E-state index contributed by atoms with van der Waals surface area (Å²) in [6.45, 7) is 4.31. The van der Waals surface area contributed by atoms with Crippen LogP contribution < -0.4 is 11.1 Å². The number of nitrogens with one attached hydrogen (secondary N) is 1. The van der Waals surface area contributed by atoms with Crippen LogP contribution in [0.3, 0.4) is 0 Å². The van der Waals surface area contributed by atoms with Crippen LogP contribution in [0.5, 0.6) is 0 Å². The lowest BCUT2D eigenvalue weighted by Crippen LogP contribution is -2.46. The van der Waals surface area contributed by atoms with Crippen LogP contribution in [-0.2, 0) is 4.79 Å². The van der Waals surface area contributed by atoms with Gasteiger partial charge in [0.2, 0.25) is 5.91 Å². The summed E-state index contributed by atoms with van der Waals surface area (Å²) in [5.74, 6) is 0.934. The van der Waals surface area contributed by atoms with Gasteiger partial charge in [-0.1, -0.05) is 33.1 Å². The van der Waals surface area contributed by atoms with Gasteiger partial charge in [0.05, 0.1) is 6.04 Å². The average molecular weight is 277 g/mol. The molecule has 1 aliphatic carbocycles. The van der Waals surface area contributed by atoms with Gasteiger partial charge >= 0.3 is 0 Å². The van der Waals surface area contributed by atoms with Crippen molar-refractivity contribution in [1.29, 1.82) is 0 Å². The second kappa shape index (κ2) is 9.62. The quantitative estimate of drug-likeness (QED) is 0.784. The van der Waals surface area contributed by atoms with Crippen LogP contribution in [0.2, 0.25) is 0 Å². The number of rotatable bonds is 6. The Morgan fingerprint density at radius 3 is 2.33 bits per heavy atom. The molecule has 0 aliphatic heterocycles. The molecule has 1 fully saturated rings. The summed E-state index contributed by atoms with van der Waals surface area (Å²) in [5.41, 5.74) is 5.81. The zero-order valence-electron chi connectivity index (χ0n) is 11.8. The van der Waals surface area contributed by atoms with E-state index in [1.54, 1.807) is 0 Å². The summed E-state index contributed by atoms with van der Waals surface area (Å²) >= 11 is 0. The SMILES string of the molecule is CCCC1CCC(NC(=O)C(N)CCC)CC1.Cl. The second-order valence-electron chi connectivity index (χ2n) is 5.41. The van der Waals surface area contributed by atoms with Gasteiger partial charge in [-0.2, -0.15) is 0 Å². The largest absolute Gasteiger partial charge is 0.352 e. The molecular formula is C14H29ClN2O. The number of hydrogen-bond donors (Lipinski definition) is 2. The molecule has 0 radical (unpaired) electrons. The smallest absolute Gasteiger partial charge is 0.237 e. The molecule has 3 N–H and O–H groups in total. The van der Waals surface area contributed by atoms with Crippen LogP contribution in [0.1, 0.15) is 65.2 Å². The molecule has 0 aromatic rings. The first kappa shape index (κ1) is 17.7. The molecule has 1 aliphatic rings. The Hall–Kier alpha value is -0.280. The van der Waals surface area contributed by atoms with Crippen LogP contribution in [0, 0.1) is 5.92 Å². The molecule has 0 heterocycles. The van der Waals surface area contributed by atoms with Gasteiger partial charge in [-0.15, -0.1) is 12.4 Å². The van der Waals surface area contributed by atoms with E-state index in [0.717, 1.165) is 31.6 Å². The molecule has 1 amide bonds. The lowest BCUT2D eigenvalue weighted by Gasteiger charge is -2.29. The van der Waals surface area contributed by atoms with Crippen molar-refractivity contribution in [1.82, 2.24) is 5.32 Å². The molecule has 0 aromatic carbocycles. The van der Waals surface area contributed by atoms with E-state index in [4.69, 9.17) is 5.73 Å². The Morgan fingerprint density at radius 2 is 1.83 bits per heavy atom. The Balaban J connectivity index is 0.00000289. The number of carbonyl (C=O) groups is 1. The highest BCUT2D eigenvalue weighted by Crippen LogP contribution is 2.27. The van der Waals surface area contributed by atoms with Crippen molar-refractivity contribution in [3.8, 4) is 0 Å². The van der Waals surface area contributed by atoms with Gasteiger partial charge in [0.1, 0.15) is 0 Å². The average Bonchev–Trinajstić information content (AvgIpc) is 2.32. The standard InChI is InChI=1S/C14H28N2O.ClH/c1-3-5-11-7-9-12(10-8-11)16-14(17)13(15)6-4-2;/h11-13H,3-10,15H2,1-2H3,(H,16,17);1H. The third kappa shape index (κ3) is 6.05. The van der Waals surface area contributed by atoms with Crippen LogP contribution in [-0.4, -0.2) is 18.0 Å². The molecule has 1 rings (SSSR count). The van der Waals surface area contributed by atoms with Crippen molar-refractivity contribution >= 4 is 18.3 Å². The van der Waals surface area contributed by atoms with Gasteiger partial charge in [0, 0.05) is 6.04 Å². The van der Waals surface area contributed by atoms with E-state index in [9.17, 15) is 4.79 Å². The third-order valence-corrected chi connectivity index (χ3v) is 3.83. The predicted molar refractivity (Wildman–Crippen MR) is 78.9 cm³/mol. The van der Waals surface area contributed by atoms with E-state index in [1.807, 2.05) is 0 Å². The Kier molecular flexibility index (Phi) is 9.47. The zero-order valence-corrected chi connectivity index (χ0v) is 12.6. The topological polar surface area (TPSA) is 55.1 Å². The van der Waals surface area contributed by atoms with E-state index in [0.29, 0.717) is 6.04 Å². The highest BCUT2D eigenvalue weighted by atomic mass is 35.5. The van der Waals surface area contributed by atoms with E-state index < -0.39 is 0 Å². The van der Waals surface area contributed by atoms with Crippen molar-refractivity contribution < 1.29 is 4.79 Å². The van der Waals surface area contributed by atoms with Crippen molar-refractivity contribution in [3.05, 3.63) is 0 Å². The summed E-state index contributed by atoms with van der Waals surface area (Å²) in [6.07, 6.45) is 9.18. The Bertz CT molecular complexity index is 228. The third-order valence-electron chi connectivity index (χ3n) is 3.83. The number of nitrogens with two attached hydrogens (primary N) is 1. The number of amides is 1. The number of carbonyl (C=O) groups excluding carboxylic acids is 1. The highest BCUT2D eigenvalue weighted by molar-refractivity contribution is 5.85. The highest BCUT2D eigenvalue weighted by Gasteiger charge is 2.23. The summed E-state index contributed by atoms with van der Waals surface area (Å²) in [7, 11) is 0. The molecule has 1 saturated carbocycles. The molecule has 3 nitrogen and oxygen atoms in total. The fourth-order valence-corrected chi connectivity index (χ4v) is 2.75. The Labute approximate surface area is 118 Å². The normalized spacial score (nSPS) is 25.1. The summed E-state index contributed by atoms with van der Waals surface area (Å²) in [6, 6.07) is 0.0619. The lowest BCUT2D eigenvalue weighted by atomic mass is 9.83. The van der Waals surface area contributed by atoms with Gasteiger partial charge in [0.15, 0.2) is 0 Å². The molecule has 0 saturated heterocycles. The minimum absolute atomic E-state index is 0. The lowest BCUT2D eigenvalue weighted by molar-refractivity contribution is -0.123. The first-order chi connectivity index (χ1) is 8.17. The molecule has 0 spiro atoms. The summed E-state index contributed by atoms with van der Waals surface area (Å²) < 4.78 is 0. The maximum atomic E-state index is 11.8. The van der Waals surface area contributed by atoms with E-state index in [1.165, 1.54) is 25.7 Å². The monoisotopic (exact) mass is 276 g/mol. The van der Waals surface area contributed by atoms with E-state index in [2.05, 4.69) is 19.2 Å². The number of halogens is 1. The van der Waals surface area contributed by atoms with Crippen molar-refractivity contribution in [2.45, 2.75) is 77.3 Å². The molecule has 18 heavy (non-hydrogen) atoms. The molecule has 1 atom stereocenters. The fraction of sp³-hybridized carbons (Fsp3) is 0.929. The predicted octanol–water partition coefficient (Wildman–Crippen LogP) is 3.01. The van der Waals surface area contributed by atoms with Gasteiger partial charge in [-0.25, -0.2) is 0 Å². The van der Waals surface area contributed by atoms with Crippen LogP contribution in [0.15, 0.2) is 0 Å². The molecule has 4 heteroatoms. The summed E-state index contributed by atoms with van der Waals surface area (Å²) in [5, 5.41) is 3.10. The molecule has 1 unspecified atom stereocenters. The van der Waals surface area contributed by atoms with Crippen LogP contribution in [0.25, 0.3) is 0 Å². The first-order valence-electron chi connectivity index (χ1n) is 7.23. The fourth-order valence-electron chi connectivity index (χ4n) is 2.75.